The minimum atomic E-state index is 0.432. The number of guanidine groups is 1. The lowest BCUT2D eigenvalue weighted by molar-refractivity contribution is -0.0165. The molecule has 0 aromatic carbocycles. The molecule has 2 fully saturated rings. The molecule has 1 aromatic heterocycles. The van der Waals surface area contributed by atoms with E-state index in [-0.39, 0.29) is 0 Å². The Labute approximate surface area is 174 Å². The van der Waals surface area contributed by atoms with Gasteiger partial charge in [-0.25, -0.2) is 0 Å². The molecule has 2 aliphatic heterocycles. The number of hydrogen-bond acceptors (Lipinski definition) is 5. The second kappa shape index (κ2) is 11.1. The Hall–Kier alpha value is -1.15. The summed E-state index contributed by atoms with van der Waals surface area (Å²) in [4.78, 5) is 9.97. The van der Waals surface area contributed by atoms with Crippen molar-refractivity contribution < 1.29 is 4.74 Å². The standard InChI is InChI=1S/C21H37N5OS/c1-4-22-21(23-13-17(2)26-10-11-27-15-18(26)3)24-20-5-8-25(9-6-20)14-19-7-12-28-16-19/h7,12,16-18,20H,4-6,8-11,13-15H2,1-3H3,(H2,22,23,24). The van der Waals surface area contributed by atoms with Gasteiger partial charge < -0.3 is 15.4 Å². The maximum absolute atomic E-state index is 5.56. The molecule has 7 heteroatoms. The van der Waals surface area contributed by atoms with Gasteiger partial charge in [0, 0.05) is 50.8 Å². The molecule has 0 bridgehead atoms. The highest BCUT2D eigenvalue weighted by Crippen LogP contribution is 2.16. The lowest BCUT2D eigenvalue weighted by atomic mass is 10.0. The van der Waals surface area contributed by atoms with E-state index in [4.69, 9.17) is 9.73 Å². The summed E-state index contributed by atoms with van der Waals surface area (Å²) in [7, 11) is 0. The molecule has 0 spiro atoms. The Kier molecular flexibility index (Phi) is 8.58. The molecule has 158 valence electrons. The zero-order valence-electron chi connectivity index (χ0n) is 17.7. The first kappa shape index (κ1) is 21.6. The topological polar surface area (TPSA) is 52.1 Å². The third kappa shape index (κ3) is 6.44. The molecule has 0 radical (unpaired) electrons. The van der Waals surface area contributed by atoms with Crippen molar-refractivity contribution in [3.8, 4) is 0 Å². The van der Waals surface area contributed by atoms with Crippen molar-refractivity contribution in [3.63, 3.8) is 0 Å². The van der Waals surface area contributed by atoms with E-state index in [1.165, 1.54) is 18.4 Å². The average Bonchev–Trinajstić information content (AvgIpc) is 3.21. The highest BCUT2D eigenvalue weighted by atomic mass is 32.1. The number of nitrogens with zero attached hydrogens (tertiary/aromatic N) is 3. The van der Waals surface area contributed by atoms with Crippen LogP contribution >= 0.6 is 11.3 Å². The molecule has 6 nitrogen and oxygen atoms in total. The molecular formula is C21H37N5OS. The van der Waals surface area contributed by atoms with E-state index in [9.17, 15) is 0 Å². The highest BCUT2D eigenvalue weighted by Gasteiger charge is 2.24. The summed E-state index contributed by atoms with van der Waals surface area (Å²) in [5.74, 6) is 0.964. The van der Waals surface area contributed by atoms with Crippen LogP contribution in [0.15, 0.2) is 21.8 Å². The second-order valence-corrected chi connectivity index (χ2v) is 8.84. The molecular weight excluding hydrogens is 370 g/mol. The van der Waals surface area contributed by atoms with E-state index in [0.29, 0.717) is 18.1 Å². The zero-order chi connectivity index (χ0) is 19.8. The predicted molar refractivity (Wildman–Crippen MR) is 118 cm³/mol. The highest BCUT2D eigenvalue weighted by molar-refractivity contribution is 7.07. The third-order valence-electron chi connectivity index (χ3n) is 5.76. The third-order valence-corrected chi connectivity index (χ3v) is 6.49. The van der Waals surface area contributed by atoms with Gasteiger partial charge >= 0.3 is 0 Å². The van der Waals surface area contributed by atoms with Gasteiger partial charge in [-0.2, -0.15) is 11.3 Å². The van der Waals surface area contributed by atoms with Crippen molar-refractivity contribution in [1.82, 2.24) is 20.4 Å². The van der Waals surface area contributed by atoms with Crippen LogP contribution in [0, 0.1) is 0 Å². The monoisotopic (exact) mass is 407 g/mol. The van der Waals surface area contributed by atoms with Crippen LogP contribution in [0.4, 0.5) is 0 Å². The molecule has 2 unspecified atom stereocenters. The van der Waals surface area contributed by atoms with Crippen LogP contribution in [0.1, 0.15) is 39.2 Å². The fourth-order valence-electron chi connectivity index (χ4n) is 4.11. The molecule has 2 saturated heterocycles. The van der Waals surface area contributed by atoms with Gasteiger partial charge in [0.05, 0.1) is 19.8 Å². The number of hydrogen-bond donors (Lipinski definition) is 2. The van der Waals surface area contributed by atoms with Crippen molar-refractivity contribution in [3.05, 3.63) is 22.4 Å². The maximum atomic E-state index is 5.56. The summed E-state index contributed by atoms with van der Waals surface area (Å²) in [6.45, 7) is 14.4. The van der Waals surface area contributed by atoms with E-state index in [0.717, 1.165) is 58.4 Å². The van der Waals surface area contributed by atoms with Crippen molar-refractivity contribution in [2.24, 2.45) is 4.99 Å². The first-order valence-corrected chi connectivity index (χ1v) is 11.7. The SMILES string of the molecule is CCNC(=NCC(C)N1CCOCC1C)NC1CCN(Cc2ccsc2)CC1. The predicted octanol–water partition coefficient (Wildman–Crippen LogP) is 2.38. The van der Waals surface area contributed by atoms with Gasteiger partial charge in [0.25, 0.3) is 0 Å². The van der Waals surface area contributed by atoms with Crippen LogP contribution in [-0.2, 0) is 11.3 Å². The van der Waals surface area contributed by atoms with Gasteiger partial charge in [0.15, 0.2) is 5.96 Å². The van der Waals surface area contributed by atoms with Crippen LogP contribution < -0.4 is 10.6 Å². The first-order valence-electron chi connectivity index (χ1n) is 10.8. The molecule has 3 rings (SSSR count). The summed E-state index contributed by atoms with van der Waals surface area (Å²) >= 11 is 1.79. The Morgan fingerprint density at radius 2 is 2.18 bits per heavy atom. The van der Waals surface area contributed by atoms with E-state index in [2.05, 4.69) is 58.0 Å². The van der Waals surface area contributed by atoms with Gasteiger partial charge in [0.1, 0.15) is 0 Å². The van der Waals surface area contributed by atoms with Crippen LogP contribution in [0.25, 0.3) is 0 Å². The molecule has 0 saturated carbocycles. The van der Waals surface area contributed by atoms with Gasteiger partial charge in [-0.3, -0.25) is 14.8 Å². The summed E-state index contributed by atoms with van der Waals surface area (Å²) in [5.41, 5.74) is 1.44. The molecule has 0 aliphatic carbocycles. The van der Waals surface area contributed by atoms with Crippen LogP contribution in [-0.4, -0.2) is 79.8 Å². The summed E-state index contributed by atoms with van der Waals surface area (Å²) < 4.78 is 5.56. The van der Waals surface area contributed by atoms with Gasteiger partial charge in [-0.1, -0.05) is 0 Å². The van der Waals surface area contributed by atoms with E-state index in [1.807, 2.05) is 0 Å². The number of piperidine rings is 1. The largest absolute Gasteiger partial charge is 0.379 e. The van der Waals surface area contributed by atoms with Crippen LogP contribution in [0.5, 0.6) is 0 Å². The van der Waals surface area contributed by atoms with Crippen molar-refractivity contribution >= 4 is 17.3 Å². The van der Waals surface area contributed by atoms with Gasteiger partial charge in [0.2, 0.25) is 0 Å². The van der Waals surface area contributed by atoms with E-state index < -0.39 is 0 Å². The number of thiophene rings is 1. The minimum Gasteiger partial charge on any atom is -0.379 e. The van der Waals surface area contributed by atoms with E-state index >= 15 is 0 Å². The Morgan fingerprint density at radius 1 is 1.36 bits per heavy atom. The molecule has 2 atom stereocenters. The normalized spacial score (nSPS) is 24.2. The quantitative estimate of drug-likeness (QED) is 0.537. The molecule has 3 heterocycles. The number of morpholine rings is 1. The van der Waals surface area contributed by atoms with Crippen molar-refractivity contribution in [2.75, 3.05) is 45.9 Å². The van der Waals surface area contributed by atoms with Gasteiger partial charge in [-0.15, -0.1) is 0 Å². The van der Waals surface area contributed by atoms with E-state index in [1.54, 1.807) is 11.3 Å². The molecule has 2 N–H and O–H groups in total. The lowest BCUT2D eigenvalue weighted by Crippen LogP contribution is -2.51. The molecule has 0 amide bonds. The first-order chi connectivity index (χ1) is 13.7. The lowest BCUT2D eigenvalue weighted by Gasteiger charge is -2.37. The smallest absolute Gasteiger partial charge is 0.191 e. The number of ether oxygens (including phenoxy) is 1. The summed E-state index contributed by atoms with van der Waals surface area (Å²) in [6.07, 6.45) is 2.34. The molecule has 28 heavy (non-hydrogen) atoms. The number of rotatable bonds is 7. The van der Waals surface area contributed by atoms with Crippen molar-refractivity contribution in [2.45, 2.75) is 58.3 Å². The fourth-order valence-corrected chi connectivity index (χ4v) is 4.77. The second-order valence-electron chi connectivity index (χ2n) is 8.06. The Morgan fingerprint density at radius 3 is 2.86 bits per heavy atom. The minimum absolute atomic E-state index is 0.432. The molecule has 2 aliphatic rings. The van der Waals surface area contributed by atoms with Gasteiger partial charge in [-0.05, 0) is 56.0 Å². The zero-order valence-corrected chi connectivity index (χ0v) is 18.5. The number of likely N-dealkylation sites (tertiary alicyclic amines) is 1. The van der Waals surface area contributed by atoms with Crippen molar-refractivity contribution in [1.29, 1.82) is 0 Å². The van der Waals surface area contributed by atoms with Crippen LogP contribution in [0.2, 0.25) is 0 Å². The maximum Gasteiger partial charge on any atom is 0.191 e. The molecule has 1 aromatic rings. The number of nitrogens with one attached hydrogen (secondary N) is 2. The number of aliphatic imine (C=N–C) groups is 1. The summed E-state index contributed by atoms with van der Waals surface area (Å²) in [6, 6.07) is 3.65. The fraction of sp³-hybridized carbons (Fsp3) is 0.762. The average molecular weight is 408 g/mol. The Bertz CT molecular complexity index is 586. The summed E-state index contributed by atoms with van der Waals surface area (Å²) in [5, 5.41) is 11.5. The Balaban J connectivity index is 1.45. The van der Waals surface area contributed by atoms with Crippen LogP contribution in [0.3, 0.4) is 0 Å².